The van der Waals surface area contributed by atoms with Crippen LogP contribution in [-0.4, -0.2) is 24.6 Å². The lowest BCUT2D eigenvalue weighted by Crippen LogP contribution is -2.18. The number of rotatable bonds is 7. The number of carbonyl (C=O) groups is 1. The van der Waals surface area contributed by atoms with Crippen LogP contribution in [0, 0.1) is 0 Å². The molecule has 0 radical (unpaired) electrons. The molecule has 0 saturated heterocycles. The predicted molar refractivity (Wildman–Crippen MR) is 119 cm³/mol. The van der Waals surface area contributed by atoms with Gasteiger partial charge in [-0.1, -0.05) is 49.2 Å². The number of nitrogens with zero attached hydrogens (tertiary/aromatic N) is 1. The van der Waals surface area contributed by atoms with E-state index in [4.69, 9.17) is 4.74 Å². The average Bonchev–Trinajstić information content (AvgIpc) is 3.35. The van der Waals surface area contributed by atoms with Crippen LogP contribution in [0.1, 0.15) is 41.6 Å². The van der Waals surface area contributed by atoms with Gasteiger partial charge in [-0.2, -0.15) is 0 Å². The first-order valence-electron chi connectivity index (χ1n) is 10.3. The van der Waals surface area contributed by atoms with Crippen LogP contribution in [0.25, 0.3) is 0 Å². The summed E-state index contributed by atoms with van der Waals surface area (Å²) in [7, 11) is -3.38. The van der Waals surface area contributed by atoms with Gasteiger partial charge in [0.2, 0.25) is 5.88 Å². The molecule has 7 heteroatoms. The molecular formula is C24H24N2O4S. The lowest BCUT2D eigenvalue weighted by atomic mass is 10.2. The highest BCUT2D eigenvalue weighted by atomic mass is 32.2. The van der Waals surface area contributed by atoms with Gasteiger partial charge in [0.25, 0.3) is 5.91 Å². The van der Waals surface area contributed by atoms with Crippen LogP contribution in [-0.2, 0) is 16.4 Å². The molecule has 1 N–H and O–H groups in total. The molecule has 1 amide bonds. The van der Waals surface area contributed by atoms with Gasteiger partial charge in [0.05, 0.1) is 10.1 Å². The van der Waals surface area contributed by atoms with Gasteiger partial charge in [-0.05, 0) is 42.7 Å². The summed E-state index contributed by atoms with van der Waals surface area (Å²) in [6.07, 6.45) is 4.79. The maximum absolute atomic E-state index is 12.8. The van der Waals surface area contributed by atoms with Crippen LogP contribution in [0.2, 0.25) is 0 Å². The van der Waals surface area contributed by atoms with Crippen molar-refractivity contribution in [2.45, 2.75) is 42.4 Å². The Morgan fingerprint density at radius 2 is 1.77 bits per heavy atom. The number of pyridine rings is 1. The molecule has 6 nitrogen and oxygen atoms in total. The zero-order valence-corrected chi connectivity index (χ0v) is 17.8. The topological polar surface area (TPSA) is 85.4 Å². The molecule has 0 aliphatic heterocycles. The lowest BCUT2D eigenvalue weighted by molar-refractivity contribution is 0.102. The normalized spacial score (nSPS) is 14.3. The van der Waals surface area contributed by atoms with E-state index in [1.165, 1.54) is 12.3 Å². The number of amides is 1. The third kappa shape index (κ3) is 5.11. The van der Waals surface area contributed by atoms with E-state index in [0.29, 0.717) is 36.6 Å². The Balaban J connectivity index is 1.45. The number of sulfone groups is 1. The quantitative estimate of drug-likeness (QED) is 0.584. The van der Waals surface area contributed by atoms with Crippen molar-refractivity contribution in [3.63, 3.8) is 0 Å². The zero-order valence-electron chi connectivity index (χ0n) is 17.0. The van der Waals surface area contributed by atoms with Crippen LogP contribution in [0.15, 0.2) is 77.8 Å². The summed E-state index contributed by atoms with van der Waals surface area (Å²) in [5, 5.41) is 2.45. The zero-order chi connectivity index (χ0) is 21.7. The summed E-state index contributed by atoms with van der Waals surface area (Å²) in [5.41, 5.74) is 1.81. The monoisotopic (exact) mass is 436 g/mol. The van der Waals surface area contributed by atoms with E-state index < -0.39 is 9.84 Å². The van der Waals surface area contributed by atoms with Gasteiger partial charge in [-0.25, -0.2) is 13.4 Å². The smallest absolute Gasteiger partial charge is 0.255 e. The second kappa shape index (κ2) is 9.31. The molecule has 160 valence electrons. The fourth-order valence-electron chi connectivity index (χ4n) is 3.71. The molecule has 31 heavy (non-hydrogen) atoms. The Morgan fingerprint density at radius 3 is 2.55 bits per heavy atom. The van der Waals surface area contributed by atoms with Crippen molar-refractivity contribution in [3.05, 3.63) is 84.1 Å². The van der Waals surface area contributed by atoms with Gasteiger partial charge in [0, 0.05) is 23.5 Å². The molecule has 1 heterocycles. The van der Waals surface area contributed by atoms with Crippen LogP contribution < -0.4 is 10.1 Å². The van der Waals surface area contributed by atoms with E-state index in [2.05, 4.69) is 10.3 Å². The first kappa shape index (κ1) is 21.1. The Bertz CT molecular complexity index is 1160. The van der Waals surface area contributed by atoms with Crippen molar-refractivity contribution in [2.24, 2.45) is 0 Å². The summed E-state index contributed by atoms with van der Waals surface area (Å²) in [5.74, 6) is -0.0172. The lowest BCUT2D eigenvalue weighted by Gasteiger charge is -2.13. The molecule has 0 unspecified atom stereocenters. The molecule has 1 aliphatic carbocycles. The van der Waals surface area contributed by atoms with Crippen molar-refractivity contribution in [2.75, 3.05) is 5.32 Å². The third-order valence-electron chi connectivity index (χ3n) is 5.39. The summed E-state index contributed by atoms with van der Waals surface area (Å²) in [6, 6.07) is 19.3. The molecule has 0 spiro atoms. The summed E-state index contributed by atoms with van der Waals surface area (Å²) in [6.45, 7) is 0.347. The number of nitrogens with one attached hydrogen (secondary N) is 1. The maximum Gasteiger partial charge on any atom is 0.255 e. The predicted octanol–water partition coefficient (Wildman–Crippen LogP) is 4.63. The summed E-state index contributed by atoms with van der Waals surface area (Å²) < 4.78 is 31.4. The van der Waals surface area contributed by atoms with E-state index in [0.717, 1.165) is 18.4 Å². The SMILES string of the molecule is O=C(Nc1cccc(S(=O)(=O)C2CCCC2)c1)c1ccnc(OCc2ccccc2)c1. The van der Waals surface area contributed by atoms with Crippen molar-refractivity contribution in [1.82, 2.24) is 4.98 Å². The van der Waals surface area contributed by atoms with E-state index in [9.17, 15) is 13.2 Å². The Kier molecular flexibility index (Phi) is 6.32. The second-order valence-electron chi connectivity index (χ2n) is 7.59. The summed E-state index contributed by atoms with van der Waals surface area (Å²) in [4.78, 5) is 17.1. The first-order valence-corrected chi connectivity index (χ1v) is 11.8. The van der Waals surface area contributed by atoms with Crippen LogP contribution in [0.5, 0.6) is 5.88 Å². The van der Waals surface area contributed by atoms with Crippen molar-refractivity contribution in [1.29, 1.82) is 0 Å². The minimum atomic E-state index is -3.38. The van der Waals surface area contributed by atoms with Gasteiger partial charge in [0.15, 0.2) is 9.84 Å². The van der Waals surface area contributed by atoms with Gasteiger partial charge >= 0.3 is 0 Å². The fraction of sp³-hybridized carbons (Fsp3) is 0.250. The highest BCUT2D eigenvalue weighted by Crippen LogP contribution is 2.30. The van der Waals surface area contributed by atoms with Crippen LogP contribution >= 0.6 is 0 Å². The summed E-state index contributed by atoms with van der Waals surface area (Å²) >= 11 is 0. The molecule has 0 atom stereocenters. The third-order valence-corrected chi connectivity index (χ3v) is 7.65. The highest BCUT2D eigenvalue weighted by molar-refractivity contribution is 7.92. The maximum atomic E-state index is 12.8. The number of hydrogen-bond donors (Lipinski definition) is 1. The largest absolute Gasteiger partial charge is 0.473 e. The number of benzene rings is 2. The van der Waals surface area contributed by atoms with E-state index in [-0.39, 0.29) is 16.1 Å². The van der Waals surface area contributed by atoms with Crippen LogP contribution in [0.4, 0.5) is 5.69 Å². The molecule has 1 aromatic heterocycles. The Morgan fingerprint density at radius 1 is 1.00 bits per heavy atom. The van der Waals surface area contributed by atoms with Gasteiger partial charge in [0.1, 0.15) is 6.61 Å². The van der Waals surface area contributed by atoms with Crippen molar-refractivity contribution >= 4 is 21.4 Å². The second-order valence-corrected chi connectivity index (χ2v) is 9.82. The van der Waals surface area contributed by atoms with Gasteiger partial charge in [-0.3, -0.25) is 4.79 Å². The number of anilines is 1. The van der Waals surface area contributed by atoms with Crippen LogP contribution in [0.3, 0.4) is 0 Å². The number of aromatic nitrogens is 1. The molecule has 0 bridgehead atoms. The number of hydrogen-bond acceptors (Lipinski definition) is 5. The van der Waals surface area contributed by atoms with Gasteiger partial charge < -0.3 is 10.1 Å². The van der Waals surface area contributed by atoms with Gasteiger partial charge in [-0.15, -0.1) is 0 Å². The molecule has 1 saturated carbocycles. The molecule has 3 aromatic rings. The minimum Gasteiger partial charge on any atom is -0.473 e. The first-order chi connectivity index (χ1) is 15.0. The number of carbonyl (C=O) groups excluding carboxylic acids is 1. The molecular weight excluding hydrogens is 412 g/mol. The highest BCUT2D eigenvalue weighted by Gasteiger charge is 2.30. The van der Waals surface area contributed by atoms with E-state index >= 15 is 0 Å². The molecule has 1 aliphatic rings. The van der Waals surface area contributed by atoms with E-state index in [1.807, 2.05) is 30.3 Å². The molecule has 1 fully saturated rings. The Labute approximate surface area is 182 Å². The number of ether oxygens (including phenoxy) is 1. The van der Waals surface area contributed by atoms with Crippen molar-refractivity contribution < 1.29 is 17.9 Å². The molecule has 2 aromatic carbocycles. The standard InChI is InChI=1S/C24H24N2O4S/c27-24(19-13-14-25-23(15-19)30-17-18-7-2-1-3-8-18)26-20-9-6-12-22(16-20)31(28,29)21-10-4-5-11-21/h1-3,6-9,12-16,21H,4-5,10-11,17H2,(H,26,27). The minimum absolute atomic E-state index is 0.249. The average molecular weight is 437 g/mol. The van der Waals surface area contributed by atoms with Crippen molar-refractivity contribution in [3.8, 4) is 5.88 Å². The Hall–Kier alpha value is -3.19. The molecule has 4 rings (SSSR count). The van der Waals surface area contributed by atoms with E-state index in [1.54, 1.807) is 30.3 Å². The fourth-order valence-corrected chi connectivity index (χ4v) is 5.60.